The number of hydrogen-bond donors (Lipinski definition) is 1. The van der Waals surface area contributed by atoms with Gasteiger partial charge in [0.05, 0.1) is 11.1 Å². The summed E-state index contributed by atoms with van der Waals surface area (Å²) in [6, 6.07) is 1.22. The lowest BCUT2D eigenvalue weighted by Gasteiger charge is -2.02. The average molecular weight is 243 g/mol. The first-order valence-electron chi connectivity index (χ1n) is 4.90. The molecule has 88 valence electrons. The molecule has 0 unspecified atom stereocenters. The van der Waals surface area contributed by atoms with Crippen LogP contribution in [0, 0.1) is 10.1 Å². The fourth-order valence-corrected chi connectivity index (χ4v) is 1.71. The van der Waals surface area contributed by atoms with E-state index in [1.807, 2.05) is 0 Å². The van der Waals surface area contributed by atoms with E-state index in [2.05, 4.69) is 19.9 Å². The van der Waals surface area contributed by atoms with Crippen LogP contribution < -0.4 is 0 Å². The fraction of sp³-hybridized carbons (Fsp3) is 0. The SMILES string of the molecule is O=[N+]([O-])c1cc2nc(O)cnc2c2nccnc12. The molecule has 2 heterocycles. The summed E-state index contributed by atoms with van der Waals surface area (Å²) in [4.78, 5) is 26.1. The molecule has 0 aliphatic rings. The van der Waals surface area contributed by atoms with Crippen LogP contribution in [0.25, 0.3) is 22.1 Å². The van der Waals surface area contributed by atoms with Gasteiger partial charge in [-0.15, -0.1) is 0 Å². The number of hydrogen-bond acceptors (Lipinski definition) is 7. The van der Waals surface area contributed by atoms with Crippen molar-refractivity contribution in [2.45, 2.75) is 0 Å². The number of nitrogens with zero attached hydrogens (tertiary/aromatic N) is 5. The molecule has 8 heteroatoms. The topological polar surface area (TPSA) is 115 Å². The second-order valence-corrected chi connectivity index (χ2v) is 3.50. The lowest BCUT2D eigenvalue weighted by atomic mass is 10.2. The number of nitro groups is 1. The Morgan fingerprint density at radius 2 is 1.83 bits per heavy atom. The Hall–Kier alpha value is -2.90. The van der Waals surface area contributed by atoms with E-state index in [-0.39, 0.29) is 28.1 Å². The standard InChI is InChI=1S/C10H5N5O3/c16-7-4-13-8-5(14-7)3-6(15(17)18)9-10(8)12-2-1-11-9/h1-4H,(H,14,16). The molecule has 3 aromatic rings. The predicted molar refractivity (Wildman–Crippen MR) is 61.0 cm³/mol. The summed E-state index contributed by atoms with van der Waals surface area (Å²) in [6.45, 7) is 0. The Bertz CT molecular complexity index is 789. The summed E-state index contributed by atoms with van der Waals surface area (Å²) in [6.07, 6.45) is 3.94. The lowest BCUT2D eigenvalue weighted by molar-refractivity contribution is -0.383. The van der Waals surface area contributed by atoms with Gasteiger partial charge in [0, 0.05) is 18.5 Å². The summed E-state index contributed by atoms with van der Waals surface area (Å²) in [7, 11) is 0. The highest BCUT2D eigenvalue weighted by atomic mass is 16.6. The van der Waals surface area contributed by atoms with Crippen molar-refractivity contribution in [1.82, 2.24) is 19.9 Å². The number of aromatic nitrogens is 4. The quantitative estimate of drug-likeness (QED) is 0.387. The third kappa shape index (κ3) is 1.39. The predicted octanol–water partition coefficient (Wildman–Crippen LogP) is 1.19. The van der Waals surface area contributed by atoms with Gasteiger partial charge in [0.2, 0.25) is 5.88 Å². The van der Waals surface area contributed by atoms with E-state index in [0.717, 1.165) is 6.20 Å². The van der Waals surface area contributed by atoms with E-state index < -0.39 is 4.92 Å². The van der Waals surface area contributed by atoms with Crippen molar-refractivity contribution in [1.29, 1.82) is 0 Å². The maximum atomic E-state index is 11.0. The number of rotatable bonds is 1. The zero-order valence-corrected chi connectivity index (χ0v) is 8.81. The van der Waals surface area contributed by atoms with E-state index >= 15 is 0 Å². The van der Waals surface area contributed by atoms with Gasteiger partial charge in [-0.3, -0.25) is 15.1 Å². The van der Waals surface area contributed by atoms with Crippen LogP contribution >= 0.6 is 0 Å². The molecule has 1 N–H and O–H groups in total. The van der Waals surface area contributed by atoms with Crippen molar-refractivity contribution >= 4 is 27.8 Å². The Morgan fingerprint density at radius 3 is 2.56 bits per heavy atom. The molecule has 1 aromatic carbocycles. The molecule has 8 nitrogen and oxygen atoms in total. The van der Waals surface area contributed by atoms with Crippen LogP contribution in [0.2, 0.25) is 0 Å². The maximum absolute atomic E-state index is 11.0. The van der Waals surface area contributed by atoms with Crippen molar-refractivity contribution in [3.05, 3.63) is 34.8 Å². The Morgan fingerprint density at radius 1 is 1.11 bits per heavy atom. The van der Waals surface area contributed by atoms with Gasteiger partial charge in [-0.25, -0.2) is 15.0 Å². The highest BCUT2D eigenvalue weighted by Gasteiger charge is 2.18. The first-order chi connectivity index (χ1) is 8.66. The maximum Gasteiger partial charge on any atom is 0.299 e. The van der Waals surface area contributed by atoms with Gasteiger partial charge in [-0.05, 0) is 0 Å². The third-order valence-corrected chi connectivity index (χ3v) is 2.42. The molecule has 0 saturated heterocycles. The van der Waals surface area contributed by atoms with Crippen molar-refractivity contribution in [2.24, 2.45) is 0 Å². The van der Waals surface area contributed by atoms with E-state index in [1.165, 1.54) is 18.5 Å². The number of nitro benzene ring substituents is 1. The highest BCUT2D eigenvalue weighted by molar-refractivity contribution is 6.04. The number of non-ortho nitro benzene ring substituents is 1. The molecular formula is C10H5N5O3. The van der Waals surface area contributed by atoms with Crippen LogP contribution in [0.15, 0.2) is 24.7 Å². The zero-order valence-electron chi connectivity index (χ0n) is 8.81. The van der Waals surface area contributed by atoms with Gasteiger partial charge in [-0.1, -0.05) is 0 Å². The Labute approximate surface area is 99.1 Å². The molecule has 0 atom stereocenters. The van der Waals surface area contributed by atoms with Crippen LogP contribution in [-0.2, 0) is 0 Å². The minimum absolute atomic E-state index is 0.148. The summed E-state index contributed by atoms with van der Waals surface area (Å²) in [5, 5.41) is 20.2. The van der Waals surface area contributed by atoms with Crippen LogP contribution in [0.4, 0.5) is 5.69 Å². The largest absolute Gasteiger partial charge is 0.492 e. The second-order valence-electron chi connectivity index (χ2n) is 3.50. The van der Waals surface area contributed by atoms with Crippen LogP contribution in [0.5, 0.6) is 5.88 Å². The van der Waals surface area contributed by atoms with Crippen LogP contribution in [0.1, 0.15) is 0 Å². The van der Waals surface area contributed by atoms with Gasteiger partial charge < -0.3 is 5.11 Å². The molecule has 18 heavy (non-hydrogen) atoms. The number of fused-ring (bicyclic) bond motifs is 3. The smallest absolute Gasteiger partial charge is 0.299 e. The van der Waals surface area contributed by atoms with Crippen molar-refractivity contribution in [3.8, 4) is 5.88 Å². The van der Waals surface area contributed by atoms with Gasteiger partial charge in [-0.2, -0.15) is 0 Å². The normalized spacial score (nSPS) is 10.9. The fourth-order valence-electron chi connectivity index (χ4n) is 1.71. The molecule has 2 aromatic heterocycles. The second kappa shape index (κ2) is 3.55. The van der Waals surface area contributed by atoms with E-state index in [9.17, 15) is 15.2 Å². The first kappa shape index (κ1) is 10.3. The van der Waals surface area contributed by atoms with Crippen molar-refractivity contribution < 1.29 is 10.0 Å². The van der Waals surface area contributed by atoms with Crippen molar-refractivity contribution in [3.63, 3.8) is 0 Å². The minimum atomic E-state index is -0.567. The number of benzene rings is 1. The molecule has 0 aliphatic heterocycles. The van der Waals surface area contributed by atoms with Gasteiger partial charge in [0.15, 0.2) is 5.52 Å². The molecular weight excluding hydrogens is 238 g/mol. The number of aromatic hydroxyl groups is 1. The van der Waals surface area contributed by atoms with Gasteiger partial charge in [0.1, 0.15) is 16.6 Å². The van der Waals surface area contributed by atoms with E-state index in [1.54, 1.807) is 0 Å². The van der Waals surface area contributed by atoms with Crippen molar-refractivity contribution in [2.75, 3.05) is 0 Å². The van der Waals surface area contributed by atoms with Crippen LogP contribution in [0.3, 0.4) is 0 Å². The average Bonchev–Trinajstić information content (AvgIpc) is 2.37. The lowest BCUT2D eigenvalue weighted by Crippen LogP contribution is -1.96. The van der Waals surface area contributed by atoms with Gasteiger partial charge in [0.25, 0.3) is 5.69 Å². The molecule has 0 fully saturated rings. The zero-order chi connectivity index (χ0) is 12.7. The Balaban J connectivity index is 2.57. The monoisotopic (exact) mass is 243 g/mol. The summed E-state index contributed by atoms with van der Waals surface area (Å²) in [5.41, 5.74) is 0.783. The van der Waals surface area contributed by atoms with Gasteiger partial charge >= 0.3 is 0 Å². The molecule has 0 radical (unpaired) electrons. The summed E-state index contributed by atoms with van der Waals surface area (Å²) in [5.74, 6) is -0.306. The minimum Gasteiger partial charge on any atom is -0.492 e. The molecule has 0 aliphatic carbocycles. The third-order valence-electron chi connectivity index (χ3n) is 2.42. The first-order valence-corrected chi connectivity index (χ1v) is 4.90. The van der Waals surface area contributed by atoms with Crippen LogP contribution in [-0.4, -0.2) is 30.0 Å². The molecule has 0 bridgehead atoms. The van der Waals surface area contributed by atoms with E-state index in [0.29, 0.717) is 5.52 Å². The summed E-state index contributed by atoms with van der Waals surface area (Å²) < 4.78 is 0. The van der Waals surface area contributed by atoms with E-state index in [4.69, 9.17) is 0 Å². The highest BCUT2D eigenvalue weighted by Crippen LogP contribution is 2.28. The Kier molecular flexibility index (Phi) is 2.03. The molecule has 0 saturated carbocycles. The summed E-state index contributed by atoms with van der Waals surface area (Å²) >= 11 is 0. The molecule has 0 amide bonds. The molecule has 0 spiro atoms. The molecule has 3 rings (SSSR count).